The first-order valence-electron chi connectivity index (χ1n) is 4.05. The molecule has 0 aromatic rings. The van der Waals surface area contributed by atoms with E-state index >= 15 is 0 Å². The molecule has 11 heavy (non-hydrogen) atoms. The van der Waals surface area contributed by atoms with Gasteiger partial charge in [-0.05, 0) is 26.7 Å². The van der Waals surface area contributed by atoms with E-state index in [2.05, 4.69) is 26.5 Å². The highest BCUT2D eigenvalue weighted by Gasteiger charge is 2.02. The first-order valence-corrected chi connectivity index (χ1v) is 4.05. The molecule has 0 amide bonds. The van der Waals surface area contributed by atoms with Gasteiger partial charge >= 0.3 is 0 Å². The largest absolute Gasteiger partial charge is 0.513 e. The van der Waals surface area contributed by atoms with Crippen LogP contribution >= 0.6 is 0 Å². The van der Waals surface area contributed by atoms with E-state index < -0.39 is 0 Å². The molecule has 0 radical (unpaired) electrons. The number of hydrogen-bond donors (Lipinski definition) is 1. The number of allylic oxidation sites excluding steroid dienone is 3. The maximum Gasteiger partial charge on any atom is 0.0879 e. The minimum Gasteiger partial charge on any atom is -0.513 e. The first-order chi connectivity index (χ1) is 5.04. The van der Waals surface area contributed by atoms with Crippen LogP contribution in [0.2, 0.25) is 0 Å². The molecule has 0 aromatic heterocycles. The standard InChI is InChI=1S/C10H18O/c1-8(2)6-5-7-9(3)10(4)11/h6,9,11H,4-5,7H2,1-3H3. The summed E-state index contributed by atoms with van der Waals surface area (Å²) in [5, 5.41) is 8.97. The van der Waals surface area contributed by atoms with Gasteiger partial charge in [0.2, 0.25) is 0 Å². The van der Waals surface area contributed by atoms with E-state index in [9.17, 15) is 0 Å². The smallest absolute Gasteiger partial charge is 0.0879 e. The van der Waals surface area contributed by atoms with Crippen molar-refractivity contribution < 1.29 is 5.11 Å². The molecule has 0 aliphatic heterocycles. The Hall–Kier alpha value is -0.720. The van der Waals surface area contributed by atoms with Crippen LogP contribution in [0.4, 0.5) is 0 Å². The van der Waals surface area contributed by atoms with Gasteiger partial charge in [0.1, 0.15) is 0 Å². The van der Waals surface area contributed by atoms with E-state index in [-0.39, 0.29) is 5.92 Å². The van der Waals surface area contributed by atoms with Gasteiger partial charge in [-0.1, -0.05) is 25.2 Å². The van der Waals surface area contributed by atoms with Crippen molar-refractivity contribution in [2.75, 3.05) is 0 Å². The molecule has 0 aromatic carbocycles. The molecule has 1 N–H and O–H groups in total. The minimum atomic E-state index is 0.227. The second kappa shape index (κ2) is 5.00. The third kappa shape index (κ3) is 5.71. The van der Waals surface area contributed by atoms with Crippen molar-refractivity contribution in [2.24, 2.45) is 5.92 Å². The molecule has 0 aliphatic carbocycles. The van der Waals surface area contributed by atoms with Gasteiger partial charge in [0.15, 0.2) is 0 Å². The summed E-state index contributed by atoms with van der Waals surface area (Å²) in [6, 6.07) is 0. The summed E-state index contributed by atoms with van der Waals surface area (Å²) in [6.07, 6.45) is 4.20. The third-order valence-corrected chi connectivity index (χ3v) is 1.72. The fourth-order valence-electron chi connectivity index (χ4n) is 0.789. The van der Waals surface area contributed by atoms with E-state index in [1.165, 1.54) is 5.57 Å². The summed E-state index contributed by atoms with van der Waals surface area (Å²) >= 11 is 0. The van der Waals surface area contributed by atoms with Gasteiger partial charge in [-0.3, -0.25) is 0 Å². The maximum atomic E-state index is 8.97. The van der Waals surface area contributed by atoms with Crippen LogP contribution in [0, 0.1) is 5.92 Å². The van der Waals surface area contributed by atoms with Gasteiger partial charge in [0.05, 0.1) is 5.76 Å². The van der Waals surface area contributed by atoms with Crippen molar-refractivity contribution >= 4 is 0 Å². The third-order valence-electron chi connectivity index (χ3n) is 1.72. The Balaban J connectivity index is 3.55. The Morgan fingerprint density at radius 1 is 1.55 bits per heavy atom. The molecule has 1 atom stereocenters. The lowest BCUT2D eigenvalue weighted by molar-refractivity contribution is 0.335. The first kappa shape index (κ1) is 10.3. The highest BCUT2D eigenvalue weighted by atomic mass is 16.3. The predicted molar refractivity (Wildman–Crippen MR) is 49.6 cm³/mol. The van der Waals surface area contributed by atoms with Crippen LogP contribution in [-0.4, -0.2) is 5.11 Å². The molecule has 64 valence electrons. The Kier molecular flexibility index (Phi) is 4.67. The van der Waals surface area contributed by atoms with Gasteiger partial charge in [0, 0.05) is 5.92 Å². The topological polar surface area (TPSA) is 20.2 Å². The molecular weight excluding hydrogens is 136 g/mol. The molecule has 0 rings (SSSR count). The van der Waals surface area contributed by atoms with Crippen LogP contribution in [0.15, 0.2) is 24.0 Å². The summed E-state index contributed by atoms with van der Waals surface area (Å²) in [5.41, 5.74) is 1.33. The van der Waals surface area contributed by atoms with Gasteiger partial charge in [0.25, 0.3) is 0 Å². The second-order valence-electron chi connectivity index (χ2n) is 3.25. The van der Waals surface area contributed by atoms with Gasteiger partial charge in [-0.2, -0.15) is 0 Å². The lowest BCUT2D eigenvalue weighted by atomic mass is 10.0. The summed E-state index contributed by atoms with van der Waals surface area (Å²) in [4.78, 5) is 0. The van der Waals surface area contributed by atoms with Crippen molar-refractivity contribution in [1.82, 2.24) is 0 Å². The van der Waals surface area contributed by atoms with E-state index in [4.69, 9.17) is 5.11 Å². The fourth-order valence-corrected chi connectivity index (χ4v) is 0.789. The lowest BCUT2D eigenvalue weighted by Crippen LogP contribution is -1.96. The molecule has 1 unspecified atom stereocenters. The van der Waals surface area contributed by atoms with Crippen LogP contribution in [-0.2, 0) is 0 Å². The molecule has 0 bridgehead atoms. The number of rotatable bonds is 4. The molecule has 0 saturated carbocycles. The summed E-state index contributed by atoms with van der Waals surface area (Å²) in [6.45, 7) is 9.64. The molecule has 1 heteroatoms. The van der Waals surface area contributed by atoms with E-state index in [1.807, 2.05) is 6.92 Å². The zero-order chi connectivity index (χ0) is 8.85. The minimum absolute atomic E-state index is 0.227. The predicted octanol–water partition coefficient (Wildman–Crippen LogP) is 3.44. The summed E-state index contributed by atoms with van der Waals surface area (Å²) in [5.74, 6) is 0.526. The normalized spacial score (nSPS) is 12.3. The molecule has 0 heterocycles. The van der Waals surface area contributed by atoms with Crippen LogP contribution in [0.25, 0.3) is 0 Å². The Labute approximate surface area is 69.4 Å². The van der Waals surface area contributed by atoms with E-state index in [1.54, 1.807) is 0 Å². The lowest BCUT2D eigenvalue weighted by Gasteiger charge is -2.06. The van der Waals surface area contributed by atoms with Crippen molar-refractivity contribution in [2.45, 2.75) is 33.6 Å². The highest BCUT2D eigenvalue weighted by molar-refractivity contribution is 4.94. The molecular formula is C10H18O. The molecule has 0 fully saturated rings. The van der Waals surface area contributed by atoms with Crippen LogP contribution < -0.4 is 0 Å². The van der Waals surface area contributed by atoms with Crippen molar-refractivity contribution in [1.29, 1.82) is 0 Å². The molecule has 0 spiro atoms. The van der Waals surface area contributed by atoms with Crippen LogP contribution in [0.3, 0.4) is 0 Å². The molecule has 0 saturated heterocycles. The van der Waals surface area contributed by atoms with Crippen molar-refractivity contribution in [3.63, 3.8) is 0 Å². The van der Waals surface area contributed by atoms with Gasteiger partial charge in [-0.15, -0.1) is 0 Å². The average Bonchev–Trinajstić information content (AvgIpc) is 1.86. The Bertz CT molecular complexity index is 152. The average molecular weight is 154 g/mol. The highest BCUT2D eigenvalue weighted by Crippen LogP contribution is 2.12. The maximum absolute atomic E-state index is 8.97. The van der Waals surface area contributed by atoms with Gasteiger partial charge in [-0.25, -0.2) is 0 Å². The zero-order valence-corrected chi connectivity index (χ0v) is 7.72. The van der Waals surface area contributed by atoms with Gasteiger partial charge < -0.3 is 5.11 Å². The van der Waals surface area contributed by atoms with E-state index in [0.29, 0.717) is 5.76 Å². The number of aliphatic hydroxyl groups excluding tert-OH is 1. The van der Waals surface area contributed by atoms with E-state index in [0.717, 1.165) is 12.8 Å². The SMILES string of the molecule is C=C(O)C(C)CCC=C(C)C. The summed E-state index contributed by atoms with van der Waals surface area (Å²) < 4.78 is 0. The number of hydrogen-bond acceptors (Lipinski definition) is 1. The molecule has 0 aliphatic rings. The fraction of sp³-hybridized carbons (Fsp3) is 0.600. The monoisotopic (exact) mass is 154 g/mol. The number of aliphatic hydroxyl groups is 1. The van der Waals surface area contributed by atoms with Crippen molar-refractivity contribution in [3.8, 4) is 0 Å². The quantitative estimate of drug-likeness (QED) is 0.486. The Morgan fingerprint density at radius 2 is 2.09 bits per heavy atom. The van der Waals surface area contributed by atoms with Crippen LogP contribution in [0.5, 0.6) is 0 Å². The second-order valence-corrected chi connectivity index (χ2v) is 3.25. The van der Waals surface area contributed by atoms with Crippen molar-refractivity contribution in [3.05, 3.63) is 24.0 Å². The summed E-state index contributed by atoms with van der Waals surface area (Å²) in [7, 11) is 0. The molecule has 1 nitrogen and oxygen atoms in total. The van der Waals surface area contributed by atoms with Crippen LogP contribution in [0.1, 0.15) is 33.6 Å². The zero-order valence-electron chi connectivity index (χ0n) is 7.72. The Morgan fingerprint density at radius 3 is 2.45 bits per heavy atom.